The minimum absolute atomic E-state index is 0.113. The maximum Gasteiger partial charge on any atom is 0.263 e. The highest BCUT2D eigenvalue weighted by atomic mass is 35.5. The van der Waals surface area contributed by atoms with Crippen molar-refractivity contribution < 1.29 is 9.53 Å². The van der Waals surface area contributed by atoms with Crippen molar-refractivity contribution in [2.45, 2.75) is 32.1 Å². The highest BCUT2D eigenvalue weighted by Gasteiger charge is 2.06. The third-order valence-electron chi connectivity index (χ3n) is 4.25. The molecule has 1 heterocycles. The first-order valence-corrected chi connectivity index (χ1v) is 9.50. The van der Waals surface area contributed by atoms with Crippen LogP contribution in [0.2, 0.25) is 5.02 Å². The van der Waals surface area contributed by atoms with Crippen molar-refractivity contribution >= 4 is 29.1 Å². The number of nitrogens with zero attached hydrogens (tertiary/aromatic N) is 2. The number of halogens is 1. The first-order chi connectivity index (χ1) is 13.2. The number of hydrogen-bond acceptors (Lipinski definition) is 5. The molecule has 1 amide bonds. The van der Waals surface area contributed by atoms with E-state index in [1.54, 1.807) is 36.4 Å². The van der Waals surface area contributed by atoms with Gasteiger partial charge in [0.05, 0.1) is 0 Å². The lowest BCUT2D eigenvalue weighted by Gasteiger charge is -2.13. The Hall–Kier alpha value is -2.60. The van der Waals surface area contributed by atoms with Crippen LogP contribution in [-0.2, 0) is 4.79 Å². The van der Waals surface area contributed by atoms with E-state index in [4.69, 9.17) is 16.3 Å². The second kappa shape index (κ2) is 9.92. The first-order valence-electron chi connectivity index (χ1n) is 9.13. The molecule has 2 N–H and O–H groups in total. The van der Waals surface area contributed by atoms with Crippen LogP contribution < -0.4 is 15.4 Å². The number of aromatic nitrogens is 2. The van der Waals surface area contributed by atoms with E-state index in [1.165, 1.54) is 31.3 Å². The topological polar surface area (TPSA) is 76.1 Å². The van der Waals surface area contributed by atoms with Crippen molar-refractivity contribution in [2.75, 3.05) is 23.8 Å². The maximum atomic E-state index is 11.9. The van der Waals surface area contributed by atoms with Gasteiger partial charge in [-0.05, 0) is 68.5 Å². The van der Waals surface area contributed by atoms with Crippen LogP contribution in [0.5, 0.6) is 5.75 Å². The lowest BCUT2D eigenvalue weighted by molar-refractivity contribution is -0.118. The van der Waals surface area contributed by atoms with Gasteiger partial charge in [0.1, 0.15) is 11.6 Å². The van der Waals surface area contributed by atoms with Crippen molar-refractivity contribution in [2.24, 2.45) is 0 Å². The van der Waals surface area contributed by atoms with Crippen LogP contribution >= 0.6 is 11.6 Å². The number of carbonyl (C=O) groups is 1. The second-order valence-corrected chi connectivity index (χ2v) is 6.82. The number of nitrogens with one attached hydrogen (secondary N) is 2. The van der Waals surface area contributed by atoms with Crippen LogP contribution in [0.15, 0.2) is 48.0 Å². The van der Waals surface area contributed by atoms with Gasteiger partial charge < -0.3 is 15.4 Å². The number of ether oxygens (including phenoxy) is 1. The van der Waals surface area contributed by atoms with Crippen molar-refractivity contribution in [3.05, 3.63) is 53.1 Å². The molecular weight excluding hydrogens is 364 g/mol. The largest absolute Gasteiger partial charge is 0.484 e. The van der Waals surface area contributed by atoms with E-state index in [0.29, 0.717) is 22.4 Å². The second-order valence-electron chi connectivity index (χ2n) is 6.38. The Kier molecular flexibility index (Phi) is 7.04. The van der Waals surface area contributed by atoms with E-state index in [0.717, 1.165) is 13.0 Å². The number of anilines is 2. The highest BCUT2D eigenvalue weighted by Crippen LogP contribution is 2.20. The highest BCUT2D eigenvalue weighted by molar-refractivity contribution is 6.30. The summed E-state index contributed by atoms with van der Waals surface area (Å²) in [4.78, 5) is 11.9. The van der Waals surface area contributed by atoms with Gasteiger partial charge in [0.25, 0.3) is 5.91 Å². The monoisotopic (exact) mass is 386 g/mol. The quantitative estimate of drug-likeness (QED) is 0.655. The summed E-state index contributed by atoms with van der Waals surface area (Å²) in [5.74, 6) is 1.36. The molecule has 2 aromatic rings. The number of carbonyl (C=O) groups excluding carboxylic acids is 1. The molecule has 0 radical (unpaired) electrons. The predicted molar refractivity (Wildman–Crippen MR) is 107 cm³/mol. The minimum Gasteiger partial charge on any atom is -0.484 e. The molecule has 1 aromatic heterocycles. The number of amides is 1. The standard InChI is InChI=1S/C20H23ClN4O2/c21-16-6-8-17(9-7-16)27-14-20(26)23-19-11-10-18(24-25-19)22-13-12-15-4-2-1-3-5-15/h4,6-11H,1-3,5,12-14H2,(H,22,24)(H,23,25,26). The zero-order chi connectivity index (χ0) is 18.9. The van der Waals surface area contributed by atoms with Crippen LogP contribution in [0.4, 0.5) is 11.6 Å². The number of allylic oxidation sites excluding steroid dienone is 1. The third-order valence-corrected chi connectivity index (χ3v) is 4.50. The lowest BCUT2D eigenvalue weighted by atomic mass is 9.97. The Morgan fingerprint density at radius 3 is 2.56 bits per heavy atom. The molecule has 1 aliphatic carbocycles. The molecule has 142 valence electrons. The molecular formula is C20H23ClN4O2. The fourth-order valence-electron chi connectivity index (χ4n) is 2.83. The van der Waals surface area contributed by atoms with Crippen LogP contribution in [0.3, 0.4) is 0 Å². The van der Waals surface area contributed by atoms with Crippen LogP contribution in [0.25, 0.3) is 0 Å². The van der Waals surface area contributed by atoms with Gasteiger partial charge in [-0.3, -0.25) is 4.79 Å². The Morgan fingerprint density at radius 1 is 1.07 bits per heavy atom. The molecule has 0 bridgehead atoms. The maximum absolute atomic E-state index is 11.9. The summed E-state index contributed by atoms with van der Waals surface area (Å²) in [5, 5.41) is 14.6. The van der Waals surface area contributed by atoms with Crippen molar-refractivity contribution in [3.63, 3.8) is 0 Å². The van der Waals surface area contributed by atoms with Crippen LogP contribution in [0, 0.1) is 0 Å². The smallest absolute Gasteiger partial charge is 0.263 e. The van der Waals surface area contributed by atoms with Crippen LogP contribution in [0.1, 0.15) is 32.1 Å². The van der Waals surface area contributed by atoms with Gasteiger partial charge in [-0.1, -0.05) is 23.3 Å². The molecule has 0 atom stereocenters. The SMILES string of the molecule is O=C(COc1ccc(Cl)cc1)Nc1ccc(NCCC2=CCCCC2)nn1. The zero-order valence-corrected chi connectivity index (χ0v) is 15.8. The summed E-state index contributed by atoms with van der Waals surface area (Å²) >= 11 is 5.81. The zero-order valence-electron chi connectivity index (χ0n) is 15.1. The summed E-state index contributed by atoms with van der Waals surface area (Å²) in [6, 6.07) is 10.3. The number of rotatable bonds is 8. The summed E-state index contributed by atoms with van der Waals surface area (Å²) in [6.07, 6.45) is 8.38. The van der Waals surface area contributed by atoms with E-state index in [1.807, 2.05) is 0 Å². The molecule has 27 heavy (non-hydrogen) atoms. The number of benzene rings is 1. The van der Waals surface area contributed by atoms with Gasteiger partial charge in [0, 0.05) is 11.6 Å². The van der Waals surface area contributed by atoms with E-state index < -0.39 is 0 Å². The van der Waals surface area contributed by atoms with Gasteiger partial charge >= 0.3 is 0 Å². The Morgan fingerprint density at radius 2 is 1.85 bits per heavy atom. The van der Waals surface area contributed by atoms with Gasteiger partial charge in [0.15, 0.2) is 12.4 Å². The molecule has 0 saturated carbocycles. The molecule has 0 aliphatic heterocycles. The van der Waals surface area contributed by atoms with E-state index >= 15 is 0 Å². The van der Waals surface area contributed by atoms with Gasteiger partial charge in [-0.25, -0.2) is 0 Å². The Balaban J connectivity index is 1.39. The predicted octanol–water partition coefficient (Wildman–Crippen LogP) is 4.45. The Labute approximate surface area is 164 Å². The molecule has 0 saturated heterocycles. The average Bonchev–Trinajstić information content (AvgIpc) is 2.70. The van der Waals surface area contributed by atoms with E-state index in [9.17, 15) is 4.79 Å². The molecule has 6 nitrogen and oxygen atoms in total. The minimum atomic E-state index is -0.302. The summed E-state index contributed by atoms with van der Waals surface area (Å²) < 4.78 is 5.39. The van der Waals surface area contributed by atoms with Crippen LogP contribution in [-0.4, -0.2) is 29.3 Å². The van der Waals surface area contributed by atoms with E-state index in [2.05, 4.69) is 26.9 Å². The summed E-state index contributed by atoms with van der Waals surface area (Å²) in [5.41, 5.74) is 1.52. The van der Waals surface area contributed by atoms with Crippen molar-refractivity contribution in [3.8, 4) is 5.75 Å². The summed E-state index contributed by atoms with van der Waals surface area (Å²) in [6.45, 7) is 0.722. The lowest BCUT2D eigenvalue weighted by Crippen LogP contribution is -2.21. The third kappa shape index (κ3) is 6.57. The molecule has 0 fully saturated rings. The number of hydrogen-bond donors (Lipinski definition) is 2. The fourth-order valence-corrected chi connectivity index (χ4v) is 2.96. The van der Waals surface area contributed by atoms with Gasteiger partial charge in [-0.2, -0.15) is 0 Å². The molecule has 1 aromatic carbocycles. The summed E-state index contributed by atoms with van der Waals surface area (Å²) in [7, 11) is 0. The Bertz CT molecular complexity index is 776. The molecule has 0 spiro atoms. The first kappa shape index (κ1) is 19.2. The van der Waals surface area contributed by atoms with Gasteiger partial charge in [-0.15, -0.1) is 10.2 Å². The van der Waals surface area contributed by atoms with E-state index in [-0.39, 0.29) is 12.5 Å². The normalized spacial score (nSPS) is 13.6. The van der Waals surface area contributed by atoms with Crippen molar-refractivity contribution in [1.29, 1.82) is 0 Å². The fraction of sp³-hybridized carbons (Fsp3) is 0.350. The molecule has 3 rings (SSSR count). The average molecular weight is 387 g/mol. The molecule has 7 heteroatoms. The molecule has 1 aliphatic rings. The molecule has 0 unspecified atom stereocenters. The van der Waals surface area contributed by atoms with Gasteiger partial charge in [0.2, 0.25) is 0 Å². The van der Waals surface area contributed by atoms with Crippen molar-refractivity contribution in [1.82, 2.24) is 10.2 Å².